The van der Waals surface area contributed by atoms with Crippen molar-refractivity contribution in [1.29, 1.82) is 0 Å². The fourth-order valence-electron chi connectivity index (χ4n) is 2.22. The number of hydrogen-bond acceptors (Lipinski definition) is 2. The predicted octanol–water partition coefficient (Wildman–Crippen LogP) is 3.86. The van der Waals surface area contributed by atoms with Gasteiger partial charge in [-0.05, 0) is 29.8 Å². The molecule has 6 heteroatoms. The van der Waals surface area contributed by atoms with Gasteiger partial charge in [-0.1, -0.05) is 35.3 Å². The van der Waals surface area contributed by atoms with Crippen LogP contribution in [0.2, 0.25) is 10.0 Å². The Morgan fingerprint density at radius 3 is 2.38 bits per heavy atom. The Hall–Kier alpha value is -1.91. The summed E-state index contributed by atoms with van der Waals surface area (Å²) in [6.45, 7) is 0.163. The van der Waals surface area contributed by atoms with Crippen LogP contribution in [0.4, 0.5) is 10.1 Å². The molecule has 106 valence electrons. The maximum atomic E-state index is 13.6. The number of halogens is 3. The lowest BCUT2D eigenvalue weighted by molar-refractivity contribution is -0.114. The van der Waals surface area contributed by atoms with Gasteiger partial charge in [0.15, 0.2) is 0 Å². The van der Waals surface area contributed by atoms with Gasteiger partial charge in [0.1, 0.15) is 5.82 Å². The summed E-state index contributed by atoms with van der Waals surface area (Å²) in [5.41, 5.74) is 1.14. The van der Waals surface area contributed by atoms with Crippen LogP contribution >= 0.6 is 23.2 Å². The summed E-state index contributed by atoms with van der Waals surface area (Å²) in [4.78, 5) is 25.2. The van der Waals surface area contributed by atoms with E-state index in [0.717, 1.165) is 11.6 Å². The second kappa shape index (κ2) is 5.13. The monoisotopic (exact) mass is 323 g/mol. The minimum atomic E-state index is -0.693. The number of carbonyl (C=O) groups is 2. The van der Waals surface area contributed by atoms with E-state index in [9.17, 15) is 14.0 Å². The standard InChI is InChI=1S/C15H8Cl2FNO2/c16-9-3-1-8(2-4-9)7-19-13-6-12(18)11(17)5-10(13)14(20)15(19)21/h1-6H,7H2. The Morgan fingerprint density at radius 1 is 1.05 bits per heavy atom. The molecule has 3 nitrogen and oxygen atoms in total. The first kappa shape index (κ1) is 14.0. The van der Waals surface area contributed by atoms with E-state index in [-0.39, 0.29) is 22.8 Å². The number of benzene rings is 2. The van der Waals surface area contributed by atoms with Crippen molar-refractivity contribution in [2.75, 3.05) is 4.90 Å². The van der Waals surface area contributed by atoms with Crippen LogP contribution in [0.3, 0.4) is 0 Å². The summed E-state index contributed by atoms with van der Waals surface area (Å²) < 4.78 is 13.6. The van der Waals surface area contributed by atoms with Crippen LogP contribution in [-0.4, -0.2) is 11.7 Å². The van der Waals surface area contributed by atoms with E-state index in [1.807, 2.05) is 0 Å². The number of rotatable bonds is 2. The van der Waals surface area contributed by atoms with E-state index < -0.39 is 17.5 Å². The second-order valence-electron chi connectivity index (χ2n) is 4.63. The fraction of sp³-hybridized carbons (Fsp3) is 0.0667. The molecule has 2 aromatic rings. The van der Waals surface area contributed by atoms with Crippen LogP contribution in [0.5, 0.6) is 0 Å². The molecule has 0 bridgehead atoms. The number of ketones is 1. The van der Waals surface area contributed by atoms with Crippen molar-refractivity contribution in [2.45, 2.75) is 6.54 Å². The van der Waals surface area contributed by atoms with E-state index in [4.69, 9.17) is 23.2 Å². The number of anilines is 1. The van der Waals surface area contributed by atoms with Crippen LogP contribution in [0.25, 0.3) is 0 Å². The van der Waals surface area contributed by atoms with Crippen molar-refractivity contribution >= 4 is 40.6 Å². The number of nitrogens with zero attached hydrogens (tertiary/aromatic N) is 1. The molecule has 1 amide bonds. The van der Waals surface area contributed by atoms with Crippen LogP contribution in [0.15, 0.2) is 36.4 Å². The maximum Gasteiger partial charge on any atom is 0.299 e. The van der Waals surface area contributed by atoms with E-state index >= 15 is 0 Å². The Kier molecular flexibility index (Phi) is 3.43. The van der Waals surface area contributed by atoms with Crippen molar-refractivity contribution in [2.24, 2.45) is 0 Å². The summed E-state index contributed by atoms with van der Waals surface area (Å²) in [6, 6.07) is 9.14. The number of amides is 1. The molecule has 0 saturated carbocycles. The maximum absolute atomic E-state index is 13.6. The molecule has 0 N–H and O–H groups in total. The van der Waals surface area contributed by atoms with Gasteiger partial charge in [-0.2, -0.15) is 0 Å². The fourth-order valence-corrected chi connectivity index (χ4v) is 2.51. The minimum Gasteiger partial charge on any atom is -0.300 e. The highest BCUT2D eigenvalue weighted by Crippen LogP contribution is 2.34. The lowest BCUT2D eigenvalue weighted by Gasteiger charge is -2.16. The Labute approximate surface area is 129 Å². The first-order chi connectivity index (χ1) is 9.97. The third kappa shape index (κ3) is 2.41. The van der Waals surface area contributed by atoms with Crippen LogP contribution in [-0.2, 0) is 11.3 Å². The third-order valence-electron chi connectivity index (χ3n) is 3.27. The molecule has 0 unspecified atom stereocenters. The second-order valence-corrected chi connectivity index (χ2v) is 5.47. The predicted molar refractivity (Wildman–Crippen MR) is 78.4 cm³/mol. The first-order valence-electron chi connectivity index (χ1n) is 6.07. The van der Waals surface area contributed by atoms with Crippen LogP contribution in [0, 0.1) is 5.82 Å². The molecular weight excluding hydrogens is 316 g/mol. The smallest absolute Gasteiger partial charge is 0.299 e. The van der Waals surface area contributed by atoms with Crippen molar-refractivity contribution in [1.82, 2.24) is 0 Å². The van der Waals surface area contributed by atoms with Crippen LogP contribution < -0.4 is 4.90 Å². The minimum absolute atomic E-state index is 0.125. The van der Waals surface area contributed by atoms with Gasteiger partial charge in [0.2, 0.25) is 0 Å². The van der Waals surface area contributed by atoms with Gasteiger partial charge in [0, 0.05) is 5.02 Å². The van der Waals surface area contributed by atoms with Crippen molar-refractivity contribution in [3.63, 3.8) is 0 Å². The average molecular weight is 324 g/mol. The zero-order valence-electron chi connectivity index (χ0n) is 10.6. The Balaban J connectivity index is 2.01. The average Bonchev–Trinajstić information content (AvgIpc) is 2.67. The van der Waals surface area contributed by atoms with Crippen molar-refractivity contribution in [3.8, 4) is 0 Å². The Morgan fingerprint density at radius 2 is 1.71 bits per heavy atom. The molecule has 0 spiro atoms. The van der Waals surface area contributed by atoms with Gasteiger partial charge in [-0.3, -0.25) is 9.59 Å². The molecule has 0 radical (unpaired) electrons. The van der Waals surface area contributed by atoms with Gasteiger partial charge >= 0.3 is 0 Å². The quantitative estimate of drug-likeness (QED) is 0.787. The summed E-state index contributed by atoms with van der Waals surface area (Å²) in [5, 5.41) is 0.393. The molecule has 1 aliphatic heterocycles. The molecule has 3 rings (SSSR count). The number of carbonyl (C=O) groups excluding carboxylic acids is 2. The lowest BCUT2D eigenvalue weighted by atomic mass is 10.1. The van der Waals surface area contributed by atoms with E-state index in [1.54, 1.807) is 24.3 Å². The third-order valence-corrected chi connectivity index (χ3v) is 3.81. The Bertz CT molecular complexity index is 759. The largest absolute Gasteiger partial charge is 0.300 e. The van der Waals surface area contributed by atoms with Crippen molar-refractivity contribution < 1.29 is 14.0 Å². The molecule has 0 aliphatic carbocycles. The molecule has 1 heterocycles. The molecule has 2 aromatic carbocycles. The van der Waals surface area contributed by atoms with Crippen molar-refractivity contribution in [3.05, 3.63) is 63.4 Å². The summed E-state index contributed by atoms with van der Waals surface area (Å²) in [6.07, 6.45) is 0. The topological polar surface area (TPSA) is 37.4 Å². The number of fused-ring (bicyclic) bond motifs is 1. The van der Waals surface area contributed by atoms with Gasteiger partial charge in [-0.25, -0.2) is 4.39 Å². The van der Waals surface area contributed by atoms with Gasteiger partial charge < -0.3 is 4.90 Å². The zero-order valence-corrected chi connectivity index (χ0v) is 12.1. The first-order valence-corrected chi connectivity index (χ1v) is 6.82. The van der Waals surface area contributed by atoms with Gasteiger partial charge in [-0.15, -0.1) is 0 Å². The van der Waals surface area contributed by atoms with Gasteiger partial charge in [0.25, 0.3) is 11.7 Å². The highest BCUT2D eigenvalue weighted by Gasteiger charge is 2.36. The summed E-state index contributed by atoms with van der Waals surface area (Å²) in [7, 11) is 0. The highest BCUT2D eigenvalue weighted by atomic mass is 35.5. The number of Topliss-reactive ketones (excluding diaryl/α,β-unsaturated/α-hetero) is 1. The van der Waals surface area contributed by atoms with E-state index in [0.29, 0.717) is 5.02 Å². The molecular formula is C15H8Cl2FNO2. The zero-order chi connectivity index (χ0) is 15.1. The SMILES string of the molecule is O=C1C(=O)N(Cc2ccc(Cl)cc2)c2cc(F)c(Cl)cc21. The normalized spacial score (nSPS) is 13.8. The van der Waals surface area contributed by atoms with Crippen LogP contribution in [0.1, 0.15) is 15.9 Å². The molecule has 0 aromatic heterocycles. The molecule has 1 aliphatic rings. The highest BCUT2D eigenvalue weighted by molar-refractivity contribution is 6.52. The lowest BCUT2D eigenvalue weighted by Crippen LogP contribution is -2.29. The van der Waals surface area contributed by atoms with E-state index in [2.05, 4.69) is 0 Å². The molecule has 21 heavy (non-hydrogen) atoms. The number of hydrogen-bond donors (Lipinski definition) is 0. The summed E-state index contributed by atoms with van der Waals surface area (Å²) >= 11 is 11.5. The molecule has 0 fully saturated rings. The molecule has 0 atom stereocenters. The van der Waals surface area contributed by atoms with E-state index in [1.165, 1.54) is 11.0 Å². The summed E-state index contributed by atoms with van der Waals surface area (Å²) in [5.74, 6) is -2.04. The van der Waals surface area contributed by atoms with Gasteiger partial charge in [0.05, 0.1) is 22.8 Å². The molecule has 0 saturated heterocycles.